The van der Waals surface area contributed by atoms with E-state index in [-0.39, 0.29) is 17.4 Å². The summed E-state index contributed by atoms with van der Waals surface area (Å²) in [6.07, 6.45) is 0. The number of carbonyl (C=O) groups excluding carboxylic acids is 1. The predicted octanol–water partition coefficient (Wildman–Crippen LogP) is 3.82. The molecule has 1 aliphatic heterocycles. The number of piperazine rings is 1. The predicted molar refractivity (Wildman–Crippen MR) is 109 cm³/mol. The summed E-state index contributed by atoms with van der Waals surface area (Å²) < 4.78 is 13.1. The molecule has 0 unspecified atom stereocenters. The number of carbonyl (C=O) groups is 1. The minimum absolute atomic E-state index is 0.0351. The van der Waals surface area contributed by atoms with Gasteiger partial charge in [0.15, 0.2) is 5.13 Å². The van der Waals surface area contributed by atoms with Gasteiger partial charge in [-0.05, 0) is 36.4 Å². The molecule has 0 atom stereocenters. The lowest BCUT2D eigenvalue weighted by atomic mass is 10.1. The van der Waals surface area contributed by atoms with Crippen molar-refractivity contribution in [2.75, 3.05) is 31.1 Å². The van der Waals surface area contributed by atoms with E-state index in [0.29, 0.717) is 31.7 Å². The van der Waals surface area contributed by atoms with Gasteiger partial charge in [0.2, 0.25) is 0 Å². The van der Waals surface area contributed by atoms with Gasteiger partial charge in [-0.2, -0.15) is 0 Å². The average Bonchev–Trinajstić information content (AvgIpc) is 3.24. The number of non-ortho nitro benzene ring substituents is 1. The average molecular weight is 412 g/mol. The van der Waals surface area contributed by atoms with Gasteiger partial charge in [0, 0.05) is 54.8 Å². The number of rotatable bonds is 4. The van der Waals surface area contributed by atoms with Gasteiger partial charge in [0.25, 0.3) is 11.6 Å². The van der Waals surface area contributed by atoms with E-state index in [1.165, 1.54) is 47.7 Å². The molecule has 9 heteroatoms. The van der Waals surface area contributed by atoms with Gasteiger partial charge in [0.05, 0.1) is 10.6 Å². The lowest BCUT2D eigenvalue weighted by molar-refractivity contribution is -0.384. The van der Waals surface area contributed by atoms with Crippen LogP contribution in [0.4, 0.5) is 15.2 Å². The number of hydrogen-bond donors (Lipinski definition) is 0. The Hall–Kier alpha value is -3.33. The second kappa shape index (κ2) is 7.96. The van der Waals surface area contributed by atoms with Crippen molar-refractivity contribution in [1.82, 2.24) is 9.88 Å². The first kappa shape index (κ1) is 19.0. The standard InChI is InChI=1S/C20H17FN4O3S/c21-16-5-1-14(2-6-16)18-13-29-20(22-18)24-11-9-23(10-12-24)19(26)15-3-7-17(8-4-15)25(27)28/h1-8,13H,9-12H2. The maximum Gasteiger partial charge on any atom is 0.269 e. The molecular weight excluding hydrogens is 395 g/mol. The van der Waals surface area contributed by atoms with Crippen LogP contribution in [0.15, 0.2) is 53.9 Å². The molecule has 1 aromatic heterocycles. The normalized spacial score (nSPS) is 14.1. The zero-order valence-corrected chi connectivity index (χ0v) is 16.1. The van der Waals surface area contributed by atoms with Crippen molar-refractivity contribution < 1.29 is 14.1 Å². The first-order valence-corrected chi connectivity index (χ1v) is 9.89. The second-order valence-electron chi connectivity index (χ2n) is 6.61. The van der Waals surface area contributed by atoms with Gasteiger partial charge < -0.3 is 9.80 Å². The highest BCUT2D eigenvalue weighted by molar-refractivity contribution is 7.14. The molecule has 1 aliphatic rings. The summed E-state index contributed by atoms with van der Waals surface area (Å²) in [6, 6.07) is 11.9. The number of amides is 1. The van der Waals surface area contributed by atoms with E-state index in [2.05, 4.69) is 9.88 Å². The van der Waals surface area contributed by atoms with Crippen LogP contribution in [0.3, 0.4) is 0 Å². The monoisotopic (exact) mass is 412 g/mol. The Morgan fingerprint density at radius 3 is 2.31 bits per heavy atom. The molecule has 0 saturated carbocycles. The molecule has 148 valence electrons. The van der Waals surface area contributed by atoms with Gasteiger partial charge in [-0.3, -0.25) is 14.9 Å². The number of benzene rings is 2. The summed E-state index contributed by atoms with van der Waals surface area (Å²) in [5.74, 6) is -0.413. The summed E-state index contributed by atoms with van der Waals surface area (Å²) in [5.41, 5.74) is 2.07. The molecule has 2 heterocycles. The van der Waals surface area contributed by atoms with Crippen LogP contribution in [0.1, 0.15) is 10.4 Å². The number of nitro benzene ring substituents is 1. The van der Waals surface area contributed by atoms with Crippen molar-refractivity contribution >= 4 is 28.1 Å². The van der Waals surface area contributed by atoms with Crippen LogP contribution < -0.4 is 4.90 Å². The Morgan fingerprint density at radius 2 is 1.69 bits per heavy atom. The molecule has 7 nitrogen and oxygen atoms in total. The Morgan fingerprint density at radius 1 is 1.03 bits per heavy atom. The Kier molecular flexibility index (Phi) is 5.22. The highest BCUT2D eigenvalue weighted by atomic mass is 32.1. The molecular formula is C20H17FN4O3S. The molecule has 1 fully saturated rings. The third-order valence-corrected chi connectivity index (χ3v) is 5.70. The van der Waals surface area contributed by atoms with Gasteiger partial charge >= 0.3 is 0 Å². The van der Waals surface area contributed by atoms with Gasteiger partial charge in [0.1, 0.15) is 5.82 Å². The van der Waals surface area contributed by atoms with Gasteiger partial charge in [-0.1, -0.05) is 0 Å². The lowest BCUT2D eigenvalue weighted by Crippen LogP contribution is -2.48. The molecule has 1 saturated heterocycles. The molecule has 3 aromatic rings. The van der Waals surface area contributed by atoms with Crippen molar-refractivity contribution in [3.63, 3.8) is 0 Å². The van der Waals surface area contributed by atoms with Crippen LogP contribution >= 0.6 is 11.3 Å². The third kappa shape index (κ3) is 4.09. The highest BCUT2D eigenvalue weighted by Crippen LogP contribution is 2.28. The molecule has 0 radical (unpaired) electrons. The Bertz CT molecular complexity index is 1030. The van der Waals surface area contributed by atoms with E-state index in [0.717, 1.165) is 16.4 Å². The fourth-order valence-electron chi connectivity index (χ4n) is 3.17. The van der Waals surface area contributed by atoms with E-state index in [1.54, 1.807) is 17.0 Å². The number of thiazole rings is 1. The maximum absolute atomic E-state index is 13.1. The number of nitrogens with zero attached hydrogens (tertiary/aromatic N) is 4. The minimum atomic E-state index is -0.485. The minimum Gasteiger partial charge on any atom is -0.345 e. The number of aromatic nitrogens is 1. The van der Waals surface area contributed by atoms with Gasteiger partial charge in [-0.15, -0.1) is 11.3 Å². The van der Waals surface area contributed by atoms with E-state index in [4.69, 9.17) is 0 Å². The molecule has 4 rings (SSSR count). The van der Waals surface area contributed by atoms with Crippen LogP contribution in [0.2, 0.25) is 0 Å². The smallest absolute Gasteiger partial charge is 0.269 e. The van der Waals surface area contributed by atoms with Crippen molar-refractivity contribution in [3.05, 3.63) is 75.4 Å². The summed E-state index contributed by atoms with van der Waals surface area (Å²) in [6.45, 7) is 2.38. The summed E-state index contributed by atoms with van der Waals surface area (Å²) >= 11 is 1.52. The SMILES string of the molecule is O=C(c1ccc([N+](=O)[O-])cc1)N1CCN(c2nc(-c3ccc(F)cc3)cs2)CC1. The fraction of sp³-hybridized carbons (Fsp3) is 0.200. The number of hydrogen-bond acceptors (Lipinski definition) is 6. The van der Waals surface area contributed by atoms with Crippen molar-refractivity contribution in [1.29, 1.82) is 0 Å². The van der Waals surface area contributed by atoms with Crippen LogP contribution in [0, 0.1) is 15.9 Å². The summed E-state index contributed by atoms with van der Waals surface area (Å²) in [7, 11) is 0. The molecule has 29 heavy (non-hydrogen) atoms. The molecule has 2 aromatic carbocycles. The topological polar surface area (TPSA) is 79.6 Å². The lowest BCUT2D eigenvalue weighted by Gasteiger charge is -2.34. The van der Waals surface area contributed by atoms with E-state index < -0.39 is 4.92 Å². The third-order valence-electron chi connectivity index (χ3n) is 4.79. The first-order valence-electron chi connectivity index (χ1n) is 9.01. The van der Waals surface area contributed by atoms with E-state index in [1.807, 2.05) is 5.38 Å². The van der Waals surface area contributed by atoms with E-state index >= 15 is 0 Å². The molecule has 0 N–H and O–H groups in total. The number of anilines is 1. The van der Waals surface area contributed by atoms with Crippen molar-refractivity contribution in [3.8, 4) is 11.3 Å². The van der Waals surface area contributed by atoms with Crippen LogP contribution in [0.25, 0.3) is 11.3 Å². The van der Waals surface area contributed by atoms with E-state index in [9.17, 15) is 19.3 Å². The van der Waals surface area contributed by atoms with Crippen molar-refractivity contribution in [2.24, 2.45) is 0 Å². The first-order chi connectivity index (χ1) is 14.0. The zero-order chi connectivity index (χ0) is 20.4. The maximum atomic E-state index is 13.1. The molecule has 0 aliphatic carbocycles. The molecule has 0 spiro atoms. The summed E-state index contributed by atoms with van der Waals surface area (Å²) in [4.78, 5) is 31.4. The largest absolute Gasteiger partial charge is 0.345 e. The molecule has 1 amide bonds. The fourth-order valence-corrected chi connectivity index (χ4v) is 4.06. The van der Waals surface area contributed by atoms with Crippen LogP contribution in [-0.4, -0.2) is 46.9 Å². The number of halogens is 1. The Balaban J connectivity index is 1.38. The van der Waals surface area contributed by atoms with Crippen molar-refractivity contribution in [2.45, 2.75) is 0 Å². The molecule has 0 bridgehead atoms. The van der Waals surface area contributed by atoms with Crippen LogP contribution in [0.5, 0.6) is 0 Å². The summed E-state index contributed by atoms with van der Waals surface area (Å²) in [5, 5.41) is 13.6. The Labute approximate surface area is 170 Å². The second-order valence-corrected chi connectivity index (χ2v) is 7.44. The quantitative estimate of drug-likeness (QED) is 0.481. The van der Waals surface area contributed by atoms with Gasteiger partial charge in [-0.25, -0.2) is 9.37 Å². The zero-order valence-electron chi connectivity index (χ0n) is 15.3. The highest BCUT2D eigenvalue weighted by Gasteiger charge is 2.24. The number of nitro groups is 1. The van der Waals surface area contributed by atoms with Crippen LogP contribution in [-0.2, 0) is 0 Å².